The Kier molecular flexibility index (Phi) is 6.82. The molecule has 0 aliphatic carbocycles. The van der Waals surface area contributed by atoms with Gasteiger partial charge in [-0.25, -0.2) is 4.39 Å². The van der Waals surface area contributed by atoms with Crippen LogP contribution in [0.15, 0.2) is 48.5 Å². The molecule has 0 radical (unpaired) electrons. The van der Waals surface area contributed by atoms with Crippen LogP contribution in [-0.2, 0) is 16.1 Å². The molecule has 31 heavy (non-hydrogen) atoms. The zero-order valence-corrected chi connectivity index (χ0v) is 17.6. The maximum atomic E-state index is 13.0. The van der Waals surface area contributed by atoms with Gasteiger partial charge in [0.05, 0.1) is 12.2 Å². The van der Waals surface area contributed by atoms with Crippen molar-refractivity contribution in [1.82, 2.24) is 10.2 Å². The molecule has 2 heterocycles. The van der Waals surface area contributed by atoms with Crippen molar-refractivity contribution in [2.45, 2.75) is 38.3 Å². The van der Waals surface area contributed by atoms with Crippen molar-refractivity contribution in [1.29, 1.82) is 0 Å². The molecule has 4 rings (SSSR count). The lowest BCUT2D eigenvalue weighted by Crippen LogP contribution is -2.44. The summed E-state index contributed by atoms with van der Waals surface area (Å²) in [6.45, 7) is 3.52. The fraction of sp³-hybridized carbons (Fsp3) is 0.417. The van der Waals surface area contributed by atoms with Gasteiger partial charge in [0, 0.05) is 38.5 Å². The fourth-order valence-electron chi connectivity index (χ4n) is 4.17. The van der Waals surface area contributed by atoms with Crippen LogP contribution >= 0.6 is 0 Å². The Morgan fingerprint density at radius 3 is 2.52 bits per heavy atom. The first-order valence-corrected chi connectivity index (χ1v) is 10.9. The number of carbonyl (C=O) groups excluding carboxylic acids is 2. The highest BCUT2D eigenvalue weighted by molar-refractivity contribution is 5.97. The molecular weight excluding hydrogens is 397 g/mol. The van der Waals surface area contributed by atoms with Crippen LogP contribution < -0.4 is 15.0 Å². The Morgan fingerprint density at radius 1 is 1.00 bits per heavy atom. The smallest absolute Gasteiger partial charge is 0.227 e. The molecule has 7 heteroatoms. The lowest BCUT2D eigenvalue weighted by molar-refractivity contribution is -0.126. The Bertz CT molecular complexity index is 911. The fourth-order valence-corrected chi connectivity index (χ4v) is 4.17. The molecule has 1 fully saturated rings. The quantitative estimate of drug-likeness (QED) is 0.773. The second-order valence-electron chi connectivity index (χ2n) is 8.11. The van der Waals surface area contributed by atoms with Crippen LogP contribution in [0.2, 0.25) is 0 Å². The van der Waals surface area contributed by atoms with Gasteiger partial charge in [0.1, 0.15) is 18.2 Å². The molecule has 164 valence electrons. The Labute approximate surface area is 182 Å². The third kappa shape index (κ3) is 5.61. The first-order chi connectivity index (χ1) is 15.1. The molecule has 2 aromatic carbocycles. The number of anilines is 1. The van der Waals surface area contributed by atoms with Gasteiger partial charge in [0.15, 0.2) is 0 Å². The van der Waals surface area contributed by atoms with E-state index in [1.807, 2.05) is 36.4 Å². The molecule has 0 atom stereocenters. The van der Waals surface area contributed by atoms with Gasteiger partial charge in [-0.2, -0.15) is 0 Å². The van der Waals surface area contributed by atoms with Gasteiger partial charge >= 0.3 is 0 Å². The second kappa shape index (κ2) is 9.92. The van der Waals surface area contributed by atoms with Crippen LogP contribution in [0.25, 0.3) is 0 Å². The van der Waals surface area contributed by atoms with E-state index in [-0.39, 0.29) is 36.5 Å². The first-order valence-electron chi connectivity index (χ1n) is 10.9. The average molecular weight is 426 g/mol. The predicted octanol–water partition coefficient (Wildman–Crippen LogP) is 3.11. The van der Waals surface area contributed by atoms with E-state index in [2.05, 4.69) is 10.2 Å². The number of hydrogen-bond donors (Lipinski definition) is 1. The SMILES string of the molecule is O=C(CCC(=O)N1CCOc2ccccc21)NC1CCN(Cc2ccc(F)cc2)CC1. The molecule has 2 aromatic rings. The summed E-state index contributed by atoms with van der Waals surface area (Å²) in [5.41, 5.74) is 1.86. The highest BCUT2D eigenvalue weighted by Crippen LogP contribution is 2.31. The highest BCUT2D eigenvalue weighted by Gasteiger charge is 2.25. The number of nitrogens with one attached hydrogen (secondary N) is 1. The lowest BCUT2D eigenvalue weighted by atomic mass is 10.0. The van der Waals surface area contributed by atoms with Gasteiger partial charge in [-0.1, -0.05) is 24.3 Å². The van der Waals surface area contributed by atoms with E-state index in [1.165, 1.54) is 12.1 Å². The number of fused-ring (bicyclic) bond motifs is 1. The van der Waals surface area contributed by atoms with Crippen molar-refractivity contribution in [2.24, 2.45) is 0 Å². The minimum Gasteiger partial charge on any atom is -0.490 e. The van der Waals surface area contributed by atoms with Crippen LogP contribution in [0.4, 0.5) is 10.1 Å². The third-order valence-electron chi connectivity index (χ3n) is 5.87. The molecule has 2 aliphatic heterocycles. The monoisotopic (exact) mass is 425 g/mol. The lowest BCUT2D eigenvalue weighted by Gasteiger charge is -2.32. The molecule has 0 unspecified atom stereocenters. The van der Waals surface area contributed by atoms with E-state index in [0.717, 1.165) is 43.7 Å². The largest absolute Gasteiger partial charge is 0.490 e. The van der Waals surface area contributed by atoms with Crippen LogP contribution in [0.1, 0.15) is 31.2 Å². The molecular formula is C24H28FN3O3. The molecule has 2 aliphatic rings. The zero-order valence-electron chi connectivity index (χ0n) is 17.6. The third-order valence-corrected chi connectivity index (χ3v) is 5.87. The van der Waals surface area contributed by atoms with Crippen LogP contribution in [-0.4, -0.2) is 49.0 Å². The van der Waals surface area contributed by atoms with E-state index < -0.39 is 0 Å². The summed E-state index contributed by atoms with van der Waals surface area (Å²) in [5.74, 6) is 0.354. The number of para-hydroxylation sites is 2. The number of carbonyl (C=O) groups is 2. The van der Waals surface area contributed by atoms with Crippen molar-refractivity contribution in [3.8, 4) is 5.75 Å². The summed E-state index contributed by atoms with van der Waals surface area (Å²) in [6, 6.07) is 14.2. The first kappa shape index (κ1) is 21.3. The van der Waals surface area contributed by atoms with Gasteiger partial charge < -0.3 is 15.0 Å². The maximum absolute atomic E-state index is 13.0. The topological polar surface area (TPSA) is 61.9 Å². The van der Waals surface area contributed by atoms with Crippen molar-refractivity contribution in [3.05, 3.63) is 59.9 Å². The number of ether oxygens (including phenoxy) is 1. The van der Waals surface area contributed by atoms with Gasteiger partial charge in [-0.3, -0.25) is 14.5 Å². The molecule has 1 N–H and O–H groups in total. The second-order valence-corrected chi connectivity index (χ2v) is 8.11. The van der Waals surface area contributed by atoms with Crippen molar-refractivity contribution in [3.63, 3.8) is 0 Å². The van der Waals surface area contributed by atoms with E-state index >= 15 is 0 Å². The number of nitrogens with zero attached hydrogens (tertiary/aromatic N) is 2. The summed E-state index contributed by atoms with van der Waals surface area (Å²) in [5, 5.41) is 3.08. The Morgan fingerprint density at radius 2 is 1.74 bits per heavy atom. The molecule has 0 bridgehead atoms. The van der Waals surface area contributed by atoms with E-state index in [0.29, 0.717) is 18.9 Å². The van der Waals surface area contributed by atoms with Crippen LogP contribution in [0.5, 0.6) is 5.75 Å². The summed E-state index contributed by atoms with van der Waals surface area (Å²) >= 11 is 0. The minimum absolute atomic E-state index is 0.0555. The van der Waals surface area contributed by atoms with Gasteiger partial charge in [-0.05, 0) is 42.7 Å². The number of amides is 2. The summed E-state index contributed by atoms with van der Waals surface area (Å²) < 4.78 is 18.6. The van der Waals surface area contributed by atoms with E-state index in [4.69, 9.17) is 4.74 Å². The van der Waals surface area contributed by atoms with E-state index in [9.17, 15) is 14.0 Å². The Balaban J connectivity index is 1.19. The van der Waals surface area contributed by atoms with Crippen molar-refractivity contribution < 1.29 is 18.7 Å². The van der Waals surface area contributed by atoms with Gasteiger partial charge in [-0.15, -0.1) is 0 Å². The molecule has 2 amide bonds. The van der Waals surface area contributed by atoms with Crippen molar-refractivity contribution >= 4 is 17.5 Å². The number of rotatable bonds is 6. The normalized spacial score (nSPS) is 17.0. The summed E-state index contributed by atoms with van der Waals surface area (Å²) in [6.07, 6.45) is 2.12. The van der Waals surface area contributed by atoms with Crippen molar-refractivity contribution in [2.75, 3.05) is 31.1 Å². The average Bonchev–Trinajstić information content (AvgIpc) is 2.80. The maximum Gasteiger partial charge on any atom is 0.227 e. The molecule has 0 spiro atoms. The number of benzene rings is 2. The van der Waals surface area contributed by atoms with Gasteiger partial charge in [0.25, 0.3) is 0 Å². The number of piperidine rings is 1. The van der Waals surface area contributed by atoms with Crippen LogP contribution in [0, 0.1) is 5.82 Å². The summed E-state index contributed by atoms with van der Waals surface area (Å²) in [7, 11) is 0. The van der Waals surface area contributed by atoms with E-state index in [1.54, 1.807) is 4.90 Å². The van der Waals surface area contributed by atoms with Gasteiger partial charge in [0.2, 0.25) is 11.8 Å². The number of halogens is 1. The zero-order chi connectivity index (χ0) is 21.6. The van der Waals surface area contributed by atoms with Crippen LogP contribution in [0.3, 0.4) is 0 Å². The molecule has 6 nitrogen and oxygen atoms in total. The highest BCUT2D eigenvalue weighted by atomic mass is 19.1. The molecule has 0 saturated carbocycles. The summed E-state index contributed by atoms with van der Waals surface area (Å²) in [4.78, 5) is 29.1. The molecule has 1 saturated heterocycles. The molecule has 0 aromatic heterocycles. The predicted molar refractivity (Wildman–Crippen MR) is 116 cm³/mol. The minimum atomic E-state index is -0.221. The standard InChI is InChI=1S/C24H28FN3O3/c25-19-7-5-18(6-8-19)17-27-13-11-20(12-14-27)26-23(29)9-10-24(30)28-15-16-31-22-4-2-1-3-21(22)28/h1-8,20H,9-17H2,(H,26,29). The number of hydrogen-bond acceptors (Lipinski definition) is 4. The number of likely N-dealkylation sites (tertiary alicyclic amines) is 1. The Hall–Kier alpha value is -2.93.